The van der Waals surface area contributed by atoms with Crippen LogP contribution in [0, 0.1) is 5.82 Å². The van der Waals surface area contributed by atoms with E-state index in [1.807, 2.05) is 0 Å². The highest BCUT2D eigenvalue weighted by molar-refractivity contribution is 5.89. The van der Waals surface area contributed by atoms with Crippen molar-refractivity contribution in [3.05, 3.63) is 53.1 Å². The van der Waals surface area contributed by atoms with Gasteiger partial charge in [-0.2, -0.15) is 18.3 Å². The Bertz CT molecular complexity index is 649. The van der Waals surface area contributed by atoms with Crippen molar-refractivity contribution in [2.24, 2.45) is 0 Å². The molecular formula is C12H8F4N2O2. The highest BCUT2D eigenvalue weighted by atomic mass is 19.4. The van der Waals surface area contributed by atoms with Crippen molar-refractivity contribution in [2.75, 3.05) is 0 Å². The maximum Gasteiger partial charge on any atom is 0.435 e. The second-order valence-corrected chi connectivity index (χ2v) is 4.00. The fourth-order valence-electron chi connectivity index (χ4n) is 1.66. The Morgan fingerprint density at radius 2 is 2.00 bits per heavy atom. The number of alkyl halides is 3. The number of rotatable bonds is 3. The van der Waals surface area contributed by atoms with Crippen molar-refractivity contribution in [2.45, 2.75) is 12.7 Å². The zero-order valence-corrected chi connectivity index (χ0v) is 9.86. The lowest BCUT2D eigenvalue weighted by molar-refractivity contribution is -0.141. The maximum atomic E-state index is 13.0. The Morgan fingerprint density at radius 1 is 1.30 bits per heavy atom. The maximum absolute atomic E-state index is 13.0. The molecule has 0 spiro atoms. The number of carbonyl (C=O) groups is 1. The molecule has 0 fully saturated rings. The first kappa shape index (κ1) is 14.0. The molecule has 0 saturated carbocycles. The first-order chi connectivity index (χ1) is 9.27. The molecule has 0 saturated heterocycles. The number of benzene rings is 1. The molecule has 106 valence electrons. The van der Waals surface area contributed by atoms with Crippen molar-refractivity contribution < 1.29 is 27.5 Å². The third-order valence-electron chi connectivity index (χ3n) is 2.57. The first-order valence-corrected chi connectivity index (χ1v) is 5.40. The second-order valence-electron chi connectivity index (χ2n) is 4.00. The van der Waals surface area contributed by atoms with E-state index in [0.29, 0.717) is 0 Å². The Balaban J connectivity index is 2.31. The van der Waals surface area contributed by atoms with Gasteiger partial charge in [0.1, 0.15) is 5.82 Å². The molecule has 0 unspecified atom stereocenters. The van der Waals surface area contributed by atoms with Gasteiger partial charge in [0.05, 0.1) is 12.1 Å². The Labute approximate surface area is 110 Å². The van der Waals surface area contributed by atoms with Gasteiger partial charge in [-0.15, -0.1) is 0 Å². The van der Waals surface area contributed by atoms with Crippen LogP contribution in [0.1, 0.15) is 21.6 Å². The fourth-order valence-corrected chi connectivity index (χ4v) is 1.66. The number of carboxylic acids is 1. The van der Waals surface area contributed by atoms with Crippen LogP contribution in [-0.4, -0.2) is 20.9 Å². The first-order valence-electron chi connectivity index (χ1n) is 5.40. The number of hydrogen-bond donors (Lipinski definition) is 1. The van der Waals surface area contributed by atoms with Crippen molar-refractivity contribution in [1.82, 2.24) is 9.78 Å². The lowest BCUT2D eigenvalue weighted by Crippen LogP contribution is -2.11. The van der Waals surface area contributed by atoms with Gasteiger partial charge in [0.25, 0.3) is 0 Å². The van der Waals surface area contributed by atoms with E-state index in [1.165, 1.54) is 6.07 Å². The molecule has 8 heteroatoms. The summed E-state index contributed by atoms with van der Waals surface area (Å²) >= 11 is 0. The minimum absolute atomic E-state index is 0.163. The van der Waals surface area contributed by atoms with Crippen molar-refractivity contribution >= 4 is 5.97 Å². The van der Waals surface area contributed by atoms with Crippen LogP contribution in [0.2, 0.25) is 0 Å². The summed E-state index contributed by atoms with van der Waals surface area (Å²) in [6, 6.07) is 3.83. The lowest BCUT2D eigenvalue weighted by Gasteiger charge is -2.07. The summed E-state index contributed by atoms with van der Waals surface area (Å²) in [6.45, 7) is -0.196. The van der Waals surface area contributed by atoms with Gasteiger partial charge in [-0.3, -0.25) is 4.68 Å². The predicted octanol–water partition coefficient (Wildman–Crippen LogP) is 2.79. The molecule has 20 heavy (non-hydrogen) atoms. The summed E-state index contributed by atoms with van der Waals surface area (Å²) in [5, 5.41) is 12.2. The zero-order valence-electron chi connectivity index (χ0n) is 9.86. The molecule has 0 aliphatic rings. The summed E-state index contributed by atoms with van der Waals surface area (Å²) in [6.07, 6.45) is -3.48. The van der Waals surface area contributed by atoms with Crippen LogP contribution in [-0.2, 0) is 12.7 Å². The minimum atomic E-state index is -4.57. The standard InChI is InChI=1S/C12H8F4N2O2/c13-8-2-1-7(9(5-8)11(19)20)6-18-4-3-10(17-18)12(14,15)16/h1-5H,6H2,(H,19,20). The minimum Gasteiger partial charge on any atom is -0.478 e. The van der Waals surface area contributed by atoms with Crippen molar-refractivity contribution in [3.63, 3.8) is 0 Å². The topological polar surface area (TPSA) is 55.1 Å². The normalized spacial score (nSPS) is 11.6. The van der Waals surface area contributed by atoms with Gasteiger partial charge in [-0.05, 0) is 23.8 Å². The van der Waals surface area contributed by atoms with Gasteiger partial charge in [-0.1, -0.05) is 6.07 Å². The number of hydrogen-bond acceptors (Lipinski definition) is 2. The van der Waals surface area contributed by atoms with E-state index in [2.05, 4.69) is 5.10 Å². The summed E-state index contributed by atoms with van der Waals surface area (Å²) < 4.78 is 51.1. The molecule has 0 aliphatic heterocycles. The quantitative estimate of drug-likeness (QED) is 0.884. The summed E-state index contributed by atoms with van der Waals surface area (Å²) in [5.74, 6) is -2.09. The van der Waals surface area contributed by atoms with Crippen LogP contribution in [0.15, 0.2) is 30.5 Å². The van der Waals surface area contributed by atoms with Crippen LogP contribution in [0.5, 0.6) is 0 Å². The Morgan fingerprint density at radius 3 is 2.55 bits per heavy atom. The Kier molecular flexibility index (Phi) is 3.47. The molecule has 0 bridgehead atoms. The van der Waals surface area contributed by atoms with E-state index in [9.17, 15) is 22.4 Å². The molecule has 2 rings (SSSR count). The van der Waals surface area contributed by atoms with Gasteiger partial charge in [0, 0.05) is 6.20 Å². The van der Waals surface area contributed by atoms with Gasteiger partial charge in [0.2, 0.25) is 0 Å². The van der Waals surface area contributed by atoms with Crippen molar-refractivity contribution in [1.29, 1.82) is 0 Å². The molecular weight excluding hydrogens is 280 g/mol. The van der Waals surface area contributed by atoms with Crippen LogP contribution in [0.25, 0.3) is 0 Å². The number of halogens is 4. The van der Waals surface area contributed by atoms with E-state index < -0.39 is 23.7 Å². The lowest BCUT2D eigenvalue weighted by atomic mass is 10.1. The van der Waals surface area contributed by atoms with Gasteiger partial charge in [0.15, 0.2) is 5.69 Å². The molecule has 0 radical (unpaired) electrons. The molecule has 1 N–H and O–H groups in total. The predicted molar refractivity (Wildman–Crippen MR) is 59.7 cm³/mol. The van der Waals surface area contributed by atoms with Crippen LogP contribution >= 0.6 is 0 Å². The molecule has 1 heterocycles. The molecule has 0 atom stereocenters. The number of nitrogens with zero attached hydrogens (tertiary/aromatic N) is 2. The van der Waals surface area contributed by atoms with E-state index >= 15 is 0 Å². The SMILES string of the molecule is O=C(O)c1cc(F)ccc1Cn1ccc(C(F)(F)F)n1. The highest BCUT2D eigenvalue weighted by Gasteiger charge is 2.33. The largest absolute Gasteiger partial charge is 0.478 e. The van der Waals surface area contributed by atoms with Crippen LogP contribution in [0.4, 0.5) is 17.6 Å². The highest BCUT2D eigenvalue weighted by Crippen LogP contribution is 2.27. The van der Waals surface area contributed by atoms with Gasteiger partial charge in [-0.25, -0.2) is 9.18 Å². The molecule has 0 aliphatic carbocycles. The van der Waals surface area contributed by atoms with E-state index in [4.69, 9.17) is 5.11 Å². The summed E-state index contributed by atoms with van der Waals surface area (Å²) in [7, 11) is 0. The molecule has 0 amide bonds. The van der Waals surface area contributed by atoms with Gasteiger partial charge >= 0.3 is 12.1 Å². The number of aromatic carboxylic acids is 1. The molecule has 4 nitrogen and oxygen atoms in total. The zero-order chi connectivity index (χ0) is 14.9. The van der Waals surface area contributed by atoms with Gasteiger partial charge < -0.3 is 5.11 Å². The van der Waals surface area contributed by atoms with E-state index in [0.717, 1.165) is 29.1 Å². The van der Waals surface area contributed by atoms with E-state index in [-0.39, 0.29) is 17.7 Å². The molecule has 1 aromatic carbocycles. The third-order valence-corrected chi connectivity index (χ3v) is 2.57. The Hall–Kier alpha value is -2.38. The van der Waals surface area contributed by atoms with Crippen LogP contribution < -0.4 is 0 Å². The second kappa shape index (κ2) is 4.95. The summed E-state index contributed by atoms with van der Waals surface area (Å²) in [4.78, 5) is 11.0. The smallest absolute Gasteiger partial charge is 0.435 e. The monoisotopic (exact) mass is 288 g/mol. The number of aromatic nitrogens is 2. The van der Waals surface area contributed by atoms with E-state index in [1.54, 1.807) is 0 Å². The number of carboxylic acid groups (broad SMARTS) is 1. The molecule has 1 aromatic heterocycles. The third kappa shape index (κ3) is 2.95. The average Bonchev–Trinajstić information content (AvgIpc) is 2.79. The van der Waals surface area contributed by atoms with Crippen molar-refractivity contribution in [3.8, 4) is 0 Å². The average molecular weight is 288 g/mol. The van der Waals surface area contributed by atoms with Crippen LogP contribution in [0.3, 0.4) is 0 Å². The summed E-state index contributed by atoms with van der Waals surface area (Å²) in [5.41, 5.74) is -1.22. The fraction of sp³-hybridized carbons (Fsp3) is 0.167. The molecule has 2 aromatic rings.